The molecule has 0 rings (SSSR count). The minimum Gasteiger partial charge on any atom is -0.462 e. The molecule has 0 saturated carbocycles. The van der Waals surface area contributed by atoms with Gasteiger partial charge < -0.3 is 18.9 Å². The van der Waals surface area contributed by atoms with Gasteiger partial charge in [0.1, 0.15) is 19.8 Å². The zero-order valence-electron chi connectivity index (χ0n) is 63.0. The van der Waals surface area contributed by atoms with Crippen molar-refractivity contribution in [3.8, 4) is 0 Å². The molecule has 0 aromatic heterocycles. The number of carbonyl (C=O) groups excluding carboxylic acids is 2. The number of nitrogens with zero attached hydrogens (tertiary/aromatic N) is 1. The normalized spacial score (nSPS) is 13.4. The Hall–Kier alpha value is -2.55. The quantitative estimate of drug-likeness (QED) is 0.0211. The number of likely N-dealkylation sites (N-methyl/N-ethyl adjacent to an activating group) is 1. The van der Waals surface area contributed by atoms with Crippen molar-refractivity contribution in [2.75, 3.05) is 47.5 Å². The van der Waals surface area contributed by atoms with E-state index in [0.717, 1.165) is 64.2 Å². The minimum atomic E-state index is -4.39. The van der Waals surface area contributed by atoms with Crippen LogP contribution in [0.25, 0.3) is 0 Å². The molecule has 0 aromatic rings. The summed E-state index contributed by atoms with van der Waals surface area (Å²) in [6, 6.07) is 0. The second-order valence-corrected chi connectivity index (χ2v) is 30.2. The summed E-state index contributed by atoms with van der Waals surface area (Å²) in [5.41, 5.74) is 0. The predicted molar refractivity (Wildman–Crippen MR) is 409 cm³/mol. The number of ether oxygens (including phenoxy) is 2. The largest absolute Gasteiger partial charge is 0.472 e. The van der Waals surface area contributed by atoms with Crippen LogP contribution in [0.3, 0.4) is 0 Å². The Balaban J connectivity index is 3.91. The monoisotopic (exact) mass is 1340 g/mol. The van der Waals surface area contributed by atoms with E-state index >= 15 is 0 Å². The van der Waals surface area contributed by atoms with Crippen molar-refractivity contribution >= 4 is 19.8 Å². The van der Waals surface area contributed by atoms with Crippen LogP contribution in [0.5, 0.6) is 0 Å². The molecule has 0 heterocycles. The average molecular weight is 1340 g/mol. The van der Waals surface area contributed by atoms with E-state index in [0.29, 0.717) is 23.9 Å². The number of hydrogen-bond acceptors (Lipinski definition) is 7. The minimum absolute atomic E-state index is 0.0336. The molecular formula is C84H157NO8P+. The molecule has 10 heteroatoms. The van der Waals surface area contributed by atoms with Crippen LogP contribution < -0.4 is 0 Å². The number of esters is 2. The van der Waals surface area contributed by atoms with E-state index in [1.54, 1.807) is 0 Å². The van der Waals surface area contributed by atoms with E-state index in [1.165, 1.54) is 302 Å². The Morgan fingerprint density at radius 1 is 0.340 bits per heavy atom. The summed E-state index contributed by atoms with van der Waals surface area (Å²) >= 11 is 0. The van der Waals surface area contributed by atoms with Crippen LogP contribution in [-0.2, 0) is 32.7 Å². The smallest absolute Gasteiger partial charge is 0.462 e. The van der Waals surface area contributed by atoms with Crippen LogP contribution in [0.15, 0.2) is 72.9 Å². The first-order chi connectivity index (χ1) is 46.0. The Labute approximate surface area is 584 Å². The number of phosphoric acid groups is 1. The fraction of sp³-hybridized carbons (Fsp3) is 0.833. The average Bonchev–Trinajstić information content (AvgIpc) is 1.68. The molecule has 2 unspecified atom stereocenters. The van der Waals surface area contributed by atoms with E-state index in [-0.39, 0.29) is 25.6 Å². The van der Waals surface area contributed by atoms with Gasteiger partial charge in [0.05, 0.1) is 27.7 Å². The van der Waals surface area contributed by atoms with Crippen LogP contribution in [0.4, 0.5) is 0 Å². The summed E-state index contributed by atoms with van der Waals surface area (Å²) in [4.78, 5) is 36.0. The topological polar surface area (TPSA) is 108 Å². The first kappa shape index (κ1) is 91.4. The summed E-state index contributed by atoms with van der Waals surface area (Å²) in [6.07, 6.45) is 102. The van der Waals surface area contributed by atoms with Crippen LogP contribution in [0.1, 0.15) is 399 Å². The van der Waals surface area contributed by atoms with Gasteiger partial charge in [0.25, 0.3) is 0 Å². The molecule has 0 aliphatic carbocycles. The number of hydrogen-bond donors (Lipinski definition) is 1. The number of unbranched alkanes of at least 4 members (excludes halogenated alkanes) is 50. The number of phosphoric ester groups is 1. The molecule has 1 N–H and O–H groups in total. The third-order valence-corrected chi connectivity index (χ3v) is 19.2. The van der Waals surface area contributed by atoms with E-state index in [1.807, 2.05) is 21.1 Å². The molecule has 0 saturated heterocycles. The summed E-state index contributed by atoms with van der Waals surface area (Å²) < 4.78 is 34.9. The Morgan fingerprint density at radius 2 is 0.606 bits per heavy atom. The van der Waals surface area contributed by atoms with Crippen molar-refractivity contribution in [1.82, 2.24) is 0 Å². The van der Waals surface area contributed by atoms with Crippen molar-refractivity contribution in [2.24, 2.45) is 0 Å². The Kier molecular flexibility index (Phi) is 72.6. The van der Waals surface area contributed by atoms with Gasteiger partial charge in [-0.25, -0.2) is 4.57 Å². The molecule has 0 spiro atoms. The molecule has 0 radical (unpaired) electrons. The third kappa shape index (κ3) is 78.4. The van der Waals surface area contributed by atoms with Crippen molar-refractivity contribution in [1.29, 1.82) is 0 Å². The van der Waals surface area contributed by atoms with Crippen LogP contribution >= 0.6 is 7.82 Å². The molecule has 0 bridgehead atoms. The van der Waals surface area contributed by atoms with Gasteiger partial charge in [-0.2, -0.15) is 0 Å². The number of quaternary nitrogens is 1. The molecule has 0 aromatic carbocycles. The zero-order chi connectivity index (χ0) is 68.3. The maximum atomic E-state index is 12.9. The summed E-state index contributed by atoms with van der Waals surface area (Å²) in [5, 5.41) is 0. The second-order valence-electron chi connectivity index (χ2n) is 28.8. The zero-order valence-corrected chi connectivity index (χ0v) is 63.9. The molecule has 0 aliphatic heterocycles. The molecule has 0 fully saturated rings. The first-order valence-corrected chi connectivity index (χ1v) is 42.2. The van der Waals surface area contributed by atoms with Crippen LogP contribution in [0, 0.1) is 0 Å². The SMILES string of the molecule is CC/C=C\C/C=C\C/C=C\C/C=C\CCCCCCCCCCCCCCCCCCCCCCCCC(=O)OC(COC(=O)CCCCCCCCCCCCCCCCCCCCCCCCC/C=C\C/C=C\CCCCCCC)COP(=O)(O)OCC[N+](C)(C)C. The van der Waals surface area contributed by atoms with E-state index in [4.69, 9.17) is 18.5 Å². The maximum absolute atomic E-state index is 12.9. The van der Waals surface area contributed by atoms with E-state index in [2.05, 4.69) is 86.8 Å². The highest BCUT2D eigenvalue weighted by Gasteiger charge is 2.27. The van der Waals surface area contributed by atoms with Crippen molar-refractivity contribution in [2.45, 2.75) is 405 Å². The van der Waals surface area contributed by atoms with Gasteiger partial charge in [0.15, 0.2) is 6.10 Å². The Morgan fingerprint density at radius 3 is 0.904 bits per heavy atom. The highest BCUT2D eigenvalue weighted by atomic mass is 31.2. The van der Waals surface area contributed by atoms with Gasteiger partial charge >= 0.3 is 19.8 Å². The van der Waals surface area contributed by atoms with Crippen LogP contribution in [-0.4, -0.2) is 74.9 Å². The molecule has 0 aliphatic rings. The number of carbonyl (C=O) groups is 2. The first-order valence-electron chi connectivity index (χ1n) is 40.7. The van der Waals surface area contributed by atoms with Gasteiger partial charge in [-0.15, -0.1) is 0 Å². The summed E-state index contributed by atoms with van der Waals surface area (Å²) in [5.74, 6) is -0.774. The number of rotatable bonds is 76. The van der Waals surface area contributed by atoms with Crippen molar-refractivity contribution in [3.63, 3.8) is 0 Å². The van der Waals surface area contributed by atoms with E-state index in [9.17, 15) is 19.0 Å². The standard InChI is InChI=1S/C84H156NO8P/c1-6-8-10-12-14-16-18-20-22-24-26-28-30-32-34-36-38-40-42-44-46-48-50-52-54-56-58-60-62-64-66-68-70-72-74-76-83(86)90-80-82(81-92-94(88,89)91-79-78-85(3,4)5)93-84(87)77-75-73-71-69-67-65-63-61-59-57-55-53-51-49-47-45-43-41-39-37-35-33-31-29-27-25-23-21-19-17-15-13-11-9-7-2/h9,11,15,17-18,20-21,23-24,26-27,29,82H,6-8,10,12-14,16,19,22,25,28,30-81H2,1-5H3/p+1/b11-9-,17-15-,20-18-,23-21-,26-24-,29-27-. The molecule has 0 amide bonds. The van der Waals surface area contributed by atoms with E-state index < -0.39 is 26.5 Å². The van der Waals surface area contributed by atoms with Gasteiger partial charge in [-0.1, -0.05) is 376 Å². The lowest BCUT2D eigenvalue weighted by molar-refractivity contribution is -0.870. The van der Waals surface area contributed by atoms with Crippen molar-refractivity contribution < 1.29 is 42.1 Å². The van der Waals surface area contributed by atoms with Crippen molar-refractivity contribution in [3.05, 3.63) is 72.9 Å². The third-order valence-electron chi connectivity index (χ3n) is 18.2. The lowest BCUT2D eigenvalue weighted by atomic mass is 10.0. The molecule has 2 atom stereocenters. The van der Waals surface area contributed by atoms with Gasteiger partial charge in [-0.05, 0) is 83.5 Å². The fourth-order valence-electron chi connectivity index (χ4n) is 12.0. The summed E-state index contributed by atoms with van der Waals surface area (Å²) in [7, 11) is 1.50. The summed E-state index contributed by atoms with van der Waals surface area (Å²) in [6.45, 7) is 4.38. The molecular weight excluding hydrogens is 1180 g/mol. The lowest BCUT2D eigenvalue weighted by Gasteiger charge is -2.24. The molecule has 94 heavy (non-hydrogen) atoms. The predicted octanol–water partition coefficient (Wildman–Crippen LogP) is 27.1. The number of allylic oxidation sites excluding steroid dienone is 12. The lowest BCUT2D eigenvalue weighted by Crippen LogP contribution is -2.37. The maximum Gasteiger partial charge on any atom is 0.472 e. The molecule has 550 valence electrons. The Bertz CT molecular complexity index is 1820. The second kappa shape index (κ2) is 74.7. The van der Waals surface area contributed by atoms with Gasteiger partial charge in [0.2, 0.25) is 0 Å². The van der Waals surface area contributed by atoms with Crippen LogP contribution in [0.2, 0.25) is 0 Å². The highest BCUT2D eigenvalue weighted by Crippen LogP contribution is 2.43. The highest BCUT2D eigenvalue weighted by molar-refractivity contribution is 7.47. The molecule has 9 nitrogen and oxygen atoms in total. The van der Waals surface area contributed by atoms with Gasteiger partial charge in [-0.3, -0.25) is 18.6 Å². The van der Waals surface area contributed by atoms with Gasteiger partial charge in [0, 0.05) is 12.8 Å². The fourth-order valence-corrected chi connectivity index (χ4v) is 12.8.